The summed E-state index contributed by atoms with van der Waals surface area (Å²) in [5.41, 5.74) is -0.196. The fourth-order valence-corrected chi connectivity index (χ4v) is 4.54. The molecule has 0 saturated heterocycles. The minimum absolute atomic E-state index is 0.0106. The van der Waals surface area contributed by atoms with Gasteiger partial charge in [0.25, 0.3) is 5.91 Å². The minimum Gasteiger partial charge on any atom is -0.502 e. The summed E-state index contributed by atoms with van der Waals surface area (Å²) in [7, 11) is 0. The van der Waals surface area contributed by atoms with Gasteiger partial charge in [-0.1, -0.05) is 19.1 Å². The van der Waals surface area contributed by atoms with E-state index in [1.165, 1.54) is 21.8 Å². The summed E-state index contributed by atoms with van der Waals surface area (Å²) in [5.74, 6) is -3.71. The van der Waals surface area contributed by atoms with Gasteiger partial charge >= 0.3 is 0 Å². The lowest BCUT2D eigenvalue weighted by Crippen LogP contribution is -2.57. The van der Waals surface area contributed by atoms with Crippen molar-refractivity contribution in [3.8, 4) is 11.5 Å². The van der Waals surface area contributed by atoms with Crippen molar-refractivity contribution < 1.29 is 23.4 Å². The summed E-state index contributed by atoms with van der Waals surface area (Å²) in [5, 5.41) is 12.3. The number of nitrogens with zero attached hydrogens (tertiary/aromatic N) is 4. The Kier molecular flexibility index (Phi) is 5.72. The van der Waals surface area contributed by atoms with Crippen LogP contribution in [0.3, 0.4) is 0 Å². The average molecular weight is 480 g/mol. The lowest BCUT2D eigenvalue weighted by molar-refractivity contribution is 0.0625. The molecule has 0 saturated carbocycles. The van der Waals surface area contributed by atoms with Gasteiger partial charge in [0.1, 0.15) is 19.3 Å². The first-order valence-corrected chi connectivity index (χ1v) is 11.1. The SMILES string of the molecule is CC[C@H]1/C=C/COc2c(ccc(F)c2F)[C@H](c2ccccn2)N2CN1C(=O)c1c(O)c(=O)ccn12. The van der Waals surface area contributed by atoms with Gasteiger partial charge in [-0.05, 0) is 36.8 Å². The molecule has 3 aromatic rings. The number of benzene rings is 1. The number of aromatic hydroxyl groups is 1. The number of halogens is 2. The first-order chi connectivity index (χ1) is 16.9. The van der Waals surface area contributed by atoms with Crippen molar-refractivity contribution in [1.82, 2.24) is 14.6 Å². The molecule has 1 amide bonds. The third-order valence-corrected chi connectivity index (χ3v) is 6.23. The molecule has 8 nitrogen and oxygen atoms in total. The Morgan fingerprint density at radius 3 is 2.74 bits per heavy atom. The molecule has 0 fully saturated rings. The summed E-state index contributed by atoms with van der Waals surface area (Å²) in [6.45, 7) is 1.84. The van der Waals surface area contributed by atoms with Crippen molar-refractivity contribution in [2.45, 2.75) is 25.4 Å². The number of pyridine rings is 2. The largest absolute Gasteiger partial charge is 0.502 e. The van der Waals surface area contributed by atoms with E-state index in [2.05, 4.69) is 4.98 Å². The Hall–Kier alpha value is -4.21. The highest BCUT2D eigenvalue weighted by Gasteiger charge is 2.40. The molecule has 1 aromatic carbocycles. The number of amides is 1. The van der Waals surface area contributed by atoms with Gasteiger partial charge in [0, 0.05) is 24.0 Å². The van der Waals surface area contributed by atoms with E-state index in [1.54, 1.807) is 41.6 Å². The lowest BCUT2D eigenvalue weighted by atomic mass is 10.00. The standard InChI is InChI=1S/C25H22F2N4O4/c1-2-15-6-5-13-35-24-16(8-9-17(26)20(24)27)21(18-7-3-4-11-28-18)31-14-29(15)25(34)22-23(33)19(32)10-12-30(22)31/h3-12,15,21,33H,2,13-14H2,1H3/b6-5+/t15-,21+/m0/s1. The zero-order valence-electron chi connectivity index (χ0n) is 18.8. The van der Waals surface area contributed by atoms with Crippen LogP contribution < -0.4 is 15.2 Å². The van der Waals surface area contributed by atoms with E-state index < -0.39 is 40.8 Å². The third kappa shape index (κ3) is 3.71. The monoisotopic (exact) mass is 480 g/mol. The fourth-order valence-electron chi connectivity index (χ4n) is 4.54. The molecule has 2 aliphatic rings. The van der Waals surface area contributed by atoms with Crippen molar-refractivity contribution in [1.29, 1.82) is 0 Å². The Morgan fingerprint density at radius 2 is 2.00 bits per heavy atom. The Balaban J connectivity index is 1.84. The number of ether oxygens (including phenoxy) is 1. The Labute approximate surface area is 199 Å². The van der Waals surface area contributed by atoms with E-state index in [0.29, 0.717) is 12.1 Å². The Morgan fingerprint density at radius 1 is 1.17 bits per heavy atom. The number of hydrogen-bond donors (Lipinski definition) is 1. The van der Waals surface area contributed by atoms with Gasteiger partial charge in [-0.15, -0.1) is 0 Å². The number of hydrogen-bond acceptors (Lipinski definition) is 6. The molecule has 4 heterocycles. The normalized spacial score (nSPS) is 20.4. The molecule has 10 heteroatoms. The zero-order chi connectivity index (χ0) is 24.7. The van der Waals surface area contributed by atoms with Crippen LogP contribution in [-0.2, 0) is 0 Å². The van der Waals surface area contributed by atoms with Crippen LogP contribution >= 0.6 is 0 Å². The first kappa shape index (κ1) is 22.6. The first-order valence-electron chi connectivity index (χ1n) is 11.1. The van der Waals surface area contributed by atoms with Gasteiger partial charge in [0.15, 0.2) is 23.0 Å². The van der Waals surface area contributed by atoms with Crippen molar-refractivity contribution in [2.75, 3.05) is 18.3 Å². The van der Waals surface area contributed by atoms with Crippen LogP contribution in [0.1, 0.15) is 41.1 Å². The van der Waals surface area contributed by atoms with Gasteiger partial charge < -0.3 is 14.7 Å². The average Bonchev–Trinajstić information content (AvgIpc) is 2.89. The lowest BCUT2D eigenvalue weighted by Gasteiger charge is -2.45. The summed E-state index contributed by atoms with van der Waals surface area (Å²) in [6.07, 6.45) is 6.83. The number of fused-ring (bicyclic) bond motifs is 5. The highest BCUT2D eigenvalue weighted by Crippen LogP contribution is 2.38. The maximum atomic E-state index is 15.0. The highest BCUT2D eigenvalue weighted by atomic mass is 19.2. The maximum absolute atomic E-state index is 15.0. The van der Waals surface area contributed by atoms with Crippen LogP contribution in [0.5, 0.6) is 11.5 Å². The van der Waals surface area contributed by atoms with Crippen molar-refractivity contribution in [2.24, 2.45) is 0 Å². The summed E-state index contributed by atoms with van der Waals surface area (Å²) in [6, 6.07) is 7.47. The second-order valence-electron chi connectivity index (χ2n) is 8.23. The molecule has 2 aliphatic heterocycles. The quantitative estimate of drug-likeness (QED) is 0.568. The topological polar surface area (TPSA) is 87.9 Å². The third-order valence-electron chi connectivity index (χ3n) is 6.23. The molecule has 5 rings (SSSR count). The Bertz CT molecular complexity index is 1380. The van der Waals surface area contributed by atoms with E-state index >= 15 is 4.39 Å². The molecule has 2 bridgehead atoms. The van der Waals surface area contributed by atoms with Crippen LogP contribution in [0.15, 0.2) is 65.7 Å². The molecule has 1 N–H and O–H groups in total. The molecule has 0 unspecified atom stereocenters. The highest BCUT2D eigenvalue weighted by molar-refractivity contribution is 5.96. The molecule has 180 valence electrons. The summed E-state index contributed by atoms with van der Waals surface area (Å²) >= 11 is 0. The van der Waals surface area contributed by atoms with E-state index in [9.17, 15) is 19.1 Å². The maximum Gasteiger partial charge on any atom is 0.278 e. The smallest absolute Gasteiger partial charge is 0.278 e. The van der Waals surface area contributed by atoms with Gasteiger partial charge in [0.2, 0.25) is 11.2 Å². The van der Waals surface area contributed by atoms with Gasteiger partial charge in [0.05, 0.1) is 11.7 Å². The molecule has 0 spiro atoms. The summed E-state index contributed by atoms with van der Waals surface area (Å²) in [4.78, 5) is 31.7. The molecular weight excluding hydrogens is 458 g/mol. The predicted octanol–water partition coefficient (Wildman–Crippen LogP) is 3.10. The minimum atomic E-state index is -1.14. The molecular formula is C25H22F2N4O4. The van der Waals surface area contributed by atoms with E-state index in [-0.39, 0.29) is 30.3 Å². The van der Waals surface area contributed by atoms with Gasteiger partial charge in [-0.25, -0.2) is 4.39 Å². The van der Waals surface area contributed by atoms with Gasteiger partial charge in [-0.2, -0.15) is 4.39 Å². The molecule has 35 heavy (non-hydrogen) atoms. The van der Waals surface area contributed by atoms with E-state index in [0.717, 1.165) is 12.1 Å². The molecule has 2 aromatic heterocycles. The van der Waals surface area contributed by atoms with E-state index in [4.69, 9.17) is 4.74 Å². The fraction of sp³-hybridized carbons (Fsp3) is 0.240. The number of carbonyl (C=O) groups excluding carboxylic acids is 1. The molecule has 2 atom stereocenters. The van der Waals surface area contributed by atoms with Crippen LogP contribution in [0.2, 0.25) is 0 Å². The zero-order valence-corrected chi connectivity index (χ0v) is 18.8. The number of aromatic nitrogens is 2. The predicted molar refractivity (Wildman–Crippen MR) is 123 cm³/mol. The number of rotatable bonds is 2. The van der Waals surface area contributed by atoms with Crippen LogP contribution in [0.4, 0.5) is 8.78 Å². The second-order valence-corrected chi connectivity index (χ2v) is 8.23. The van der Waals surface area contributed by atoms with Crippen LogP contribution in [0, 0.1) is 11.6 Å². The van der Waals surface area contributed by atoms with Crippen LogP contribution in [0.25, 0.3) is 0 Å². The second kappa shape index (κ2) is 8.86. The van der Waals surface area contributed by atoms with E-state index in [1.807, 2.05) is 6.92 Å². The van der Waals surface area contributed by atoms with Gasteiger partial charge in [-0.3, -0.25) is 24.3 Å². The van der Waals surface area contributed by atoms with Crippen LogP contribution in [-0.4, -0.2) is 44.9 Å². The molecule has 0 aliphatic carbocycles. The van der Waals surface area contributed by atoms with Crippen molar-refractivity contribution in [3.05, 3.63) is 99.8 Å². The van der Waals surface area contributed by atoms with Crippen molar-refractivity contribution in [3.63, 3.8) is 0 Å². The molecule has 0 radical (unpaired) electrons. The summed E-state index contributed by atoms with van der Waals surface area (Å²) < 4.78 is 36.4. The number of carbonyl (C=O) groups is 1. The van der Waals surface area contributed by atoms with Crippen molar-refractivity contribution >= 4 is 5.91 Å².